The number of likely N-dealkylation sites (tertiary alicyclic amines) is 1. The molecule has 1 fully saturated rings. The molecule has 1 amide bonds. The Balaban J connectivity index is 1.67. The van der Waals surface area contributed by atoms with Crippen LogP contribution in [0.2, 0.25) is 0 Å². The minimum absolute atomic E-state index is 0.162. The van der Waals surface area contributed by atoms with E-state index in [-0.39, 0.29) is 11.4 Å². The maximum Gasteiger partial charge on any atom is 0.290 e. The summed E-state index contributed by atoms with van der Waals surface area (Å²) in [5, 5.41) is 12.4. The number of amides is 1. The molecule has 2 aromatic heterocycles. The number of hydrogen-bond donors (Lipinski definition) is 1. The van der Waals surface area contributed by atoms with Crippen molar-refractivity contribution in [3.63, 3.8) is 0 Å². The molecular weight excluding hydrogens is 362 g/mol. The Morgan fingerprint density at radius 1 is 1.19 bits per heavy atom. The highest BCUT2D eigenvalue weighted by Crippen LogP contribution is 2.39. The van der Waals surface area contributed by atoms with Gasteiger partial charge < -0.3 is 14.9 Å². The highest BCUT2D eigenvalue weighted by Gasteiger charge is 2.43. The number of hydrogen-bond acceptors (Lipinski definition) is 6. The number of carbonyl (C=O) groups is 2. The maximum atomic E-state index is 13.0. The van der Waals surface area contributed by atoms with Gasteiger partial charge >= 0.3 is 0 Å². The third-order valence-electron chi connectivity index (χ3n) is 5.17. The molecule has 0 spiro atoms. The Morgan fingerprint density at radius 2 is 1.93 bits per heavy atom. The summed E-state index contributed by atoms with van der Waals surface area (Å²) in [7, 11) is 0. The SMILES string of the molecule is O=C(C1=C(O)C(=O)N(CCN2CCCC2)C1c1ccncc1)c1cccs1. The van der Waals surface area contributed by atoms with E-state index >= 15 is 0 Å². The molecule has 7 heteroatoms. The van der Waals surface area contributed by atoms with Crippen LogP contribution in [0.25, 0.3) is 0 Å². The fraction of sp³-hybridized carbons (Fsp3) is 0.350. The molecule has 0 aliphatic carbocycles. The number of aliphatic hydroxyl groups excluding tert-OH is 1. The molecule has 2 aromatic rings. The molecule has 27 heavy (non-hydrogen) atoms. The fourth-order valence-corrected chi connectivity index (χ4v) is 4.48. The molecule has 4 heterocycles. The van der Waals surface area contributed by atoms with E-state index in [1.54, 1.807) is 41.6 Å². The average molecular weight is 383 g/mol. The highest BCUT2D eigenvalue weighted by atomic mass is 32.1. The van der Waals surface area contributed by atoms with Crippen LogP contribution in [0.5, 0.6) is 0 Å². The molecule has 1 atom stereocenters. The first-order chi connectivity index (χ1) is 13.2. The van der Waals surface area contributed by atoms with Gasteiger partial charge in [0.1, 0.15) is 0 Å². The van der Waals surface area contributed by atoms with Crippen molar-refractivity contribution in [3.05, 3.63) is 63.8 Å². The van der Waals surface area contributed by atoms with Crippen molar-refractivity contribution in [2.24, 2.45) is 0 Å². The van der Waals surface area contributed by atoms with E-state index in [4.69, 9.17) is 0 Å². The van der Waals surface area contributed by atoms with E-state index in [2.05, 4.69) is 9.88 Å². The number of Topliss-reactive ketones (excluding diaryl/α,β-unsaturated/α-hetero) is 1. The van der Waals surface area contributed by atoms with Gasteiger partial charge in [0.25, 0.3) is 5.91 Å². The van der Waals surface area contributed by atoms with E-state index in [1.165, 1.54) is 24.2 Å². The van der Waals surface area contributed by atoms with E-state index < -0.39 is 17.7 Å². The van der Waals surface area contributed by atoms with Crippen LogP contribution in [0.3, 0.4) is 0 Å². The summed E-state index contributed by atoms with van der Waals surface area (Å²) < 4.78 is 0. The van der Waals surface area contributed by atoms with E-state index in [9.17, 15) is 14.7 Å². The number of ketones is 1. The molecule has 1 N–H and O–H groups in total. The average Bonchev–Trinajstić information content (AvgIpc) is 3.43. The molecule has 140 valence electrons. The minimum atomic E-state index is -0.585. The molecule has 2 aliphatic heterocycles. The summed E-state index contributed by atoms with van der Waals surface area (Å²) in [6.07, 6.45) is 5.63. The van der Waals surface area contributed by atoms with Crippen LogP contribution in [0.15, 0.2) is 53.4 Å². The van der Waals surface area contributed by atoms with Gasteiger partial charge in [-0.05, 0) is 55.1 Å². The molecule has 6 nitrogen and oxygen atoms in total. The number of thiophene rings is 1. The zero-order valence-corrected chi connectivity index (χ0v) is 15.7. The third kappa shape index (κ3) is 3.40. The number of rotatable bonds is 6. The van der Waals surface area contributed by atoms with Crippen LogP contribution < -0.4 is 0 Å². The van der Waals surface area contributed by atoms with Gasteiger partial charge in [-0.2, -0.15) is 0 Å². The second kappa shape index (κ2) is 7.62. The van der Waals surface area contributed by atoms with Crippen molar-refractivity contribution in [1.82, 2.24) is 14.8 Å². The molecule has 0 aromatic carbocycles. The van der Waals surface area contributed by atoms with Crippen molar-refractivity contribution < 1.29 is 14.7 Å². The van der Waals surface area contributed by atoms with Crippen molar-refractivity contribution in [3.8, 4) is 0 Å². The van der Waals surface area contributed by atoms with Gasteiger partial charge in [0, 0.05) is 25.5 Å². The van der Waals surface area contributed by atoms with Crippen LogP contribution in [0.4, 0.5) is 0 Å². The van der Waals surface area contributed by atoms with Gasteiger partial charge in [-0.3, -0.25) is 14.6 Å². The number of pyridine rings is 1. The smallest absolute Gasteiger partial charge is 0.290 e. The van der Waals surface area contributed by atoms with Crippen LogP contribution in [-0.2, 0) is 4.79 Å². The molecule has 1 saturated heterocycles. The lowest BCUT2D eigenvalue weighted by molar-refractivity contribution is -0.129. The first kappa shape index (κ1) is 17.9. The summed E-state index contributed by atoms with van der Waals surface area (Å²) in [6.45, 7) is 3.27. The number of nitrogens with zero attached hydrogens (tertiary/aromatic N) is 3. The van der Waals surface area contributed by atoms with Crippen molar-refractivity contribution in [1.29, 1.82) is 0 Å². The fourth-order valence-electron chi connectivity index (χ4n) is 3.80. The van der Waals surface area contributed by atoms with Gasteiger partial charge in [-0.25, -0.2) is 0 Å². The van der Waals surface area contributed by atoms with E-state index in [0.29, 0.717) is 11.4 Å². The Bertz CT molecular complexity index is 858. The zero-order chi connectivity index (χ0) is 18.8. The van der Waals surface area contributed by atoms with Gasteiger partial charge in [-0.1, -0.05) is 6.07 Å². The highest BCUT2D eigenvalue weighted by molar-refractivity contribution is 7.12. The van der Waals surface area contributed by atoms with Gasteiger partial charge in [0.05, 0.1) is 16.5 Å². The van der Waals surface area contributed by atoms with E-state index in [0.717, 1.165) is 25.2 Å². The van der Waals surface area contributed by atoms with Crippen LogP contribution in [-0.4, -0.2) is 57.8 Å². The Kier molecular flexibility index (Phi) is 5.05. The normalized spacial score (nSPS) is 20.7. The minimum Gasteiger partial charge on any atom is -0.503 e. The molecule has 2 aliphatic rings. The molecule has 0 saturated carbocycles. The van der Waals surface area contributed by atoms with Crippen molar-refractivity contribution in [2.45, 2.75) is 18.9 Å². The monoisotopic (exact) mass is 383 g/mol. The lowest BCUT2D eigenvalue weighted by atomic mass is 9.96. The quantitative estimate of drug-likeness (QED) is 0.777. The lowest BCUT2D eigenvalue weighted by Crippen LogP contribution is -2.37. The van der Waals surface area contributed by atoms with E-state index in [1.807, 2.05) is 5.38 Å². The summed E-state index contributed by atoms with van der Waals surface area (Å²) >= 11 is 1.31. The van der Waals surface area contributed by atoms with Crippen LogP contribution in [0.1, 0.15) is 34.1 Å². The van der Waals surface area contributed by atoms with Gasteiger partial charge in [-0.15, -0.1) is 11.3 Å². The first-order valence-corrected chi connectivity index (χ1v) is 9.99. The Labute approximate surface area is 161 Å². The first-order valence-electron chi connectivity index (χ1n) is 9.11. The van der Waals surface area contributed by atoms with Crippen LogP contribution in [0, 0.1) is 0 Å². The molecule has 0 bridgehead atoms. The Hall–Kier alpha value is -2.51. The lowest BCUT2D eigenvalue weighted by Gasteiger charge is -2.28. The predicted molar refractivity (Wildman–Crippen MR) is 103 cm³/mol. The largest absolute Gasteiger partial charge is 0.503 e. The van der Waals surface area contributed by atoms with Gasteiger partial charge in [0.2, 0.25) is 5.78 Å². The van der Waals surface area contributed by atoms with Crippen molar-refractivity contribution >= 4 is 23.0 Å². The molecule has 0 radical (unpaired) electrons. The maximum absolute atomic E-state index is 13.0. The topological polar surface area (TPSA) is 73.7 Å². The second-order valence-electron chi connectivity index (χ2n) is 6.80. The van der Waals surface area contributed by atoms with Gasteiger partial charge in [0.15, 0.2) is 5.76 Å². The number of aromatic nitrogens is 1. The molecular formula is C20H21N3O3S. The Morgan fingerprint density at radius 3 is 2.59 bits per heavy atom. The number of aliphatic hydroxyl groups is 1. The predicted octanol–water partition coefficient (Wildman–Crippen LogP) is 2.82. The molecule has 4 rings (SSSR count). The third-order valence-corrected chi connectivity index (χ3v) is 6.04. The zero-order valence-electron chi connectivity index (χ0n) is 14.9. The van der Waals surface area contributed by atoms with Crippen LogP contribution >= 0.6 is 11.3 Å². The molecule has 1 unspecified atom stereocenters. The summed E-state index contributed by atoms with van der Waals surface area (Å²) in [4.78, 5) is 34.3. The van der Waals surface area contributed by atoms with Crippen molar-refractivity contribution in [2.75, 3.05) is 26.2 Å². The summed E-state index contributed by atoms with van der Waals surface area (Å²) in [6, 6.07) is 6.51. The summed E-state index contributed by atoms with van der Waals surface area (Å²) in [5.41, 5.74) is 0.943. The summed E-state index contributed by atoms with van der Waals surface area (Å²) in [5.74, 6) is -1.20. The standard InChI is InChI=1S/C20H21N3O3S/c24-18(15-4-3-13-27-15)16-17(14-5-7-21-8-6-14)23(20(26)19(16)25)12-11-22-9-1-2-10-22/h3-8,13,17,25H,1-2,9-12H2. The second-order valence-corrected chi connectivity index (χ2v) is 7.75. The number of carbonyl (C=O) groups excluding carboxylic acids is 2.